The average Bonchev–Trinajstić information content (AvgIpc) is 2.43. The third-order valence-electron chi connectivity index (χ3n) is 3.24. The van der Waals surface area contributed by atoms with Gasteiger partial charge in [0, 0.05) is 10.4 Å². The lowest BCUT2D eigenvalue weighted by molar-refractivity contribution is -0.380. The van der Waals surface area contributed by atoms with Crippen molar-refractivity contribution in [2.24, 2.45) is 0 Å². The fraction of sp³-hybridized carbons (Fsp3) is 0.636. The number of nitro groups is 1. The lowest BCUT2D eigenvalue weighted by atomic mass is 9.74. The van der Waals surface area contributed by atoms with Crippen molar-refractivity contribution in [3.8, 4) is 0 Å². The maximum atomic E-state index is 10.9. The standard InChI is InChI=1S/C11H15NO2S/c1-7-9-8(15-10(7)12(13)14)5-4-6-11(9,2)3/h4-6H2,1-3H3. The summed E-state index contributed by atoms with van der Waals surface area (Å²) in [4.78, 5) is 11.9. The van der Waals surface area contributed by atoms with Gasteiger partial charge >= 0.3 is 5.00 Å². The van der Waals surface area contributed by atoms with Gasteiger partial charge in [0.1, 0.15) is 0 Å². The number of aryl methyl sites for hydroxylation is 1. The smallest absolute Gasteiger partial charge is 0.258 e. The summed E-state index contributed by atoms with van der Waals surface area (Å²) in [6.45, 7) is 6.27. The number of fused-ring (bicyclic) bond motifs is 1. The zero-order valence-electron chi connectivity index (χ0n) is 9.29. The van der Waals surface area contributed by atoms with Gasteiger partial charge in [-0.15, -0.1) is 0 Å². The number of hydrogen-bond donors (Lipinski definition) is 0. The maximum Gasteiger partial charge on any atom is 0.327 e. The van der Waals surface area contributed by atoms with E-state index in [1.807, 2.05) is 6.92 Å². The zero-order valence-corrected chi connectivity index (χ0v) is 10.1. The van der Waals surface area contributed by atoms with E-state index in [9.17, 15) is 10.1 Å². The number of nitrogens with zero attached hydrogens (tertiary/aromatic N) is 1. The average molecular weight is 225 g/mol. The molecule has 0 fully saturated rings. The van der Waals surface area contributed by atoms with Crippen LogP contribution in [0, 0.1) is 17.0 Å². The topological polar surface area (TPSA) is 43.1 Å². The molecule has 0 aliphatic heterocycles. The summed E-state index contributed by atoms with van der Waals surface area (Å²) in [5.41, 5.74) is 2.25. The third kappa shape index (κ3) is 1.57. The Bertz CT molecular complexity index is 420. The van der Waals surface area contributed by atoms with E-state index in [0.29, 0.717) is 5.00 Å². The van der Waals surface area contributed by atoms with Gasteiger partial charge in [-0.1, -0.05) is 25.2 Å². The first-order valence-corrected chi connectivity index (χ1v) is 6.02. The van der Waals surface area contributed by atoms with E-state index in [1.54, 1.807) is 0 Å². The number of hydrogen-bond acceptors (Lipinski definition) is 3. The number of thiophene rings is 1. The molecule has 0 unspecified atom stereocenters. The predicted molar refractivity (Wildman–Crippen MR) is 61.7 cm³/mol. The molecule has 0 bridgehead atoms. The third-order valence-corrected chi connectivity index (χ3v) is 4.55. The molecule has 2 rings (SSSR count). The molecule has 4 heteroatoms. The highest BCUT2D eigenvalue weighted by molar-refractivity contribution is 7.15. The van der Waals surface area contributed by atoms with Gasteiger partial charge in [0.15, 0.2) is 0 Å². The Labute approximate surface area is 93.3 Å². The van der Waals surface area contributed by atoms with Crippen molar-refractivity contribution in [3.63, 3.8) is 0 Å². The van der Waals surface area contributed by atoms with Crippen LogP contribution in [0.5, 0.6) is 0 Å². The molecule has 1 aliphatic carbocycles. The Morgan fingerprint density at radius 3 is 2.67 bits per heavy atom. The van der Waals surface area contributed by atoms with Gasteiger partial charge in [0.25, 0.3) is 0 Å². The van der Waals surface area contributed by atoms with Crippen molar-refractivity contribution in [2.45, 2.75) is 45.4 Å². The fourth-order valence-electron chi connectivity index (χ4n) is 2.61. The first-order chi connectivity index (χ1) is 6.93. The minimum atomic E-state index is -0.242. The fourth-order valence-corrected chi connectivity index (χ4v) is 3.95. The highest BCUT2D eigenvalue weighted by atomic mass is 32.1. The van der Waals surface area contributed by atoms with E-state index in [0.717, 1.165) is 24.8 Å². The lowest BCUT2D eigenvalue weighted by Crippen LogP contribution is -2.23. The molecule has 1 heterocycles. The minimum absolute atomic E-state index is 0.114. The van der Waals surface area contributed by atoms with E-state index in [1.165, 1.54) is 21.8 Å². The van der Waals surface area contributed by atoms with Crippen LogP contribution in [0.1, 0.15) is 42.7 Å². The predicted octanol–water partition coefficient (Wildman–Crippen LogP) is 3.58. The lowest BCUT2D eigenvalue weighted by Gasteiger charge is -2.30. The Balaban J connectivity index is 2.62. The van der Waals surface area contributed by atoms with Gasteiger partial charge in [-0.2, -0.15) is 0 Å². The summed E-state index contributed by atoms with van der Waals surface area (Å²) < 4.78 is 0. The minimum Gasteiger partial charge on any atom is -0.258 e. The van der Waals surface area contributed by atoms with Crippen LogP contribution in [0.25, 0.3) is 0 Å². The molecule has 82 valence electrons. The van der Waals surface area contributed by atoms with Gasteiger partial charge in [-0.3, -0.25) is 10.1 Å². The largest absolute Gasteiger partial charge is 0.327 e. The van der Waals surface area contributed by atoms with E-state index < -0.39 is 0 Å². The molecule has 1 aromatic rings. The van der Waals surface area contributed by atoms with Gasteiger partial charge in [-0.05, 0) is 37.2 Å². The van der Waals surface area contributed by atoms with Crippen LogP contribution in [0.2, 0.25) is 0 Å². The van der Waals surface area contributed by atoms with E-state index in [2.05, 4.69) is 13.8 Å². The Hall–Kier alpha value is -0.900. The van der Waals surface area contributed by atoms with Gasteiger partial charge in [0.2, 0.25) is 0 Å². The summed E-state index contributed by atoms with van der Waals surface area (Å²) in [7, 11) is 0. The normalized spacial score (nSPS) is 18.6. The molecular formula is C11H15NO2S. The van der Waals surface area contributed by atoms with Crippen molar-refractivity contribution < 1.29 is 4.92 Å². The molecule has 0 spiro atoms. The second kappa shape index (κ2) is 3.30. The van der Waals surface area contributed by atoms with Gasteiger partial charge in [-0.25, -0.2) is 0 Å². The Morgan fingerprint density at radius 1 is 1.47 bits per heavy atom. The first kappa shape index (κ1) is 10.6. The summed E-state index contributed by atoms with van der Waals surface area (Å²) in [6.07, 6.45) is 3.30. The quantitative estimate of drug-likeness (QED) is 0.541. The molecule has 0 saturated heterocycles. The molecule has 1 aliphatic rings. The molecule has 15 heavy (non-hydrogen) atoms. The van der Waals surface area contributed by atoms with Crippen LogP contribution in [0.3, 0.4) is 0 Å². The maximum absolute atomic E-state index is 10.9. The summed E-state index contributed by atoms with van der Waals surface area (Å²) >= 11 is 1.37. The summed E-state index contributed by atoms with van der Waals surface area (Å²) in [5.74, 6) is 0. The van der Waals surface area contributed by atoms with Crippen LogP contribution >= 0.6 is 11.3 Å². The van der Waals surface area contributed by atoms with Crippen LogP contribution in [-0.4, -0.2) is 4.92 Å². The molecular weight excluding hydrogens is 210 g/mol. The van der Waals surface area contributed by atoms with Crippen LogP contribution in [0.15, 0.2) is 0 Å². The van der Waals surface area contributed by atoms with Crippen LogP contribution in [-0.2, 0) is 11.8 Å². The van der Waals surface area contributed by atoms with Crippen molar-refractivity contribution >= 4 is 16.3 Å². The number of rotatable bonds is 1. The highest BCUT2D eigenvalue weighted by Gasteiger charge is 2.35. The van der Waals surface area contributed by atoms with Crippen LogP contribution in [0.4, 0.5) is 5.00 Å². The van der Waals surface area contributed by atoms with Crippen molar-refractivity contribution in [3.05, 3.63) is 26.1 Å². The highest BCUT2D eigenvalue weighted by Crippen LogP contribution is 2.46. The Morgan fingerprint density at radius 2 is 2.13 bits per heavy atom. The van der Waals surface area contributed by atoms with Crippen molar-refractivity contribution in [1.29, 1.82) is 0 Å². The monoisotopic (exact) mass is 225 g/mol. The second-order valence-corrected chi connectivity index (χ2v) is 5.91. The summed E-state index contributed by atoms with van der Waals surface area (Å²) in [5, 5.41) is 11.2. The molecule has 3 nitrogen and oxygen atoms in total. The molecule has 0 amide bonds. The van der Waals surface area contributed by atoms with Crippen molar-refractivity contribution in [1.82, 2.24) is 0 Å². The SMILES string of the molecule is Cc1c([N+](=O)[O-])sc2c1C(C)(C)CCC2. The van der Waals surface area contributed by atoms with Gasteiger partial charge < -0.3 is 0 Å². The van der Waals surface area contributed by atoms with E-state index >= 15 is 0 Å². The van der Waals surface area contributed by atoms with E-state index in [-0.39, 0.29) is 10.3 Å². The summed E-state index contributed by atoms with van der Waals surface area (Å²) in [6, 6.07) is 0. The molecule has 1 aromatic heterocycles. The first-order valence-electron chi connectivity index (χ1n) is 5.20. The second-order valence-electron chi connectivity index (χ2n) is 4.82. The molecule has 0 radical (unpaired) electrons. The molecule has 0 atom stereocenters. The zero-order chi connectivity index (χ0) is 11.2. The van der Waals surface area contributed by atoms with E-state index in [4.69, 9.17) is 0 Å². The molecule has 0 N–H and O–H groups in total. The molecule has 0 aromatic carbocycles. The van der Waals surface area contributed by atoms with Gasteiger partial charge in [0.05, 0.1) is 4.92 Å². The van der Waals surface area contributed by atoms with Crippen LogP contribution < -0.4 is 0 Å². The van der Waals surface area contributed by atoms with Crippen molar-refractivity contribution in [2.75, 3.05) is 0 Å². The Kier molecular flexibility index (Phi) is 2.34. The molecule has 0 saturated carbocycles.